The predicted molar refractivity (Wildman–Crippen MR) is 95.2 cm³/mol. The number of hydrogen-bond acceptors (Lipinski definition) is 3. The Morgan fingerprint density at radius 1 is 1.25 bits per heavy atom. The molecule has 2 fully saturated rings. The average Bonchev–Trinajstić information content (AvgIpc) is 3.15. The molecule has 0 aromatic heterocycles. The zero-order valence-electron chi connectivity index (χ0n) is 15.1. The van der Waals surface area contributed by atoms with Crippen LogP contribution in [-0.2, 0) is 9.59 Å². The Kier molecular flexibility index (Phi) is 4.63. The van der Waals surface area contributed by atoms with E-state index in [4.69, 9.17) is 0 Å². The van der Waals surface area contributed by atoms with E-state index >= 15 is 0 Å². The molecule has 24 heavy (non-hydrogen) atoms. The molecular formula is C19H27N3O2. The molecule has 0 spiro atoms. The van der Waals surface area contributed by atoms with Crippen molar-refractivity contribution in [3.8, 4) is 0 Å². The van der Waals surface area contributed by atoms with Crippen molar-refractivity contribution >= 4 is 17.5 Å². The van der Waals surface area contributed by atoms with Crippen LogP contribution in [0, 0.1) is 26.7 Å². The van der Waals surface area contributed by atoms with Gasteiger partial charge in [-0.05, 0) is 44.9 Å². The van der Waals surface area contributed by atoms with Crippen LogP contribution in [0.5, 0.6) is 0 Å². The van der Waals surface area contributed by atoms with E-state index in [2.05, 4.69) is 24.4 Å². The zero-order valence-corrected chi connectivity index (χ0v) is 15.1. The minimum Gasteiger partial charge on any atom is -0.341 e. The van der Waals surface area contributed by atoms with Crippen LogP contribution in [0.25, 0.3) is 0 Å². The molecule has 1 aromatic rings. The predicted octanol–water partition coefficient (Wildman–Crippen LogP) is 1.79. The van der Waals surface area contributed by atoms with Gasteiger partial charge >= 0.3 is 0 Å². The number of nitrogens with one attached hydrogen (secondary N) is 1. The Labute approximate surface area is 144 Å². The summed E-state index contributed by atoms with van der Waals surface area (Å²) in [5.74, 6) is -0.0773. The van der Waals surface area contributed by atoms with E-state index in [1.165, 1.54) is 5.56 Å². The first kappa shape index (κ1) is 17.0. The Morgan fingerprint density at radius 2 is 1.92 bits per heavy atom. The van der Waals surface area contributed by atoms with E-state index in [0.717, 1.165) is 36.3 Å². The number of amides is 2. The maximum atomic E-state index is 12.8. The fraction of sp³-hybridized carbons (Fsp3) is 0.579. The minimum absolute atomic E-state index is 0.0568. The molecule has 0 radical (unpaired) electrons. The van der Waals surface area contributed by atoms with Gasteiger partial charge in [0.1, 0.15) is 0 Å². The zero-order chi connectivity index (χ0) is 17.4. The van der Waals surface area contributed by atoms with Gasteiger partial charge in [0.05, 0.1) is 5.92 Å². The summed E-state index contributed by atoms with van der Waals surface area (Å²) >= 11 is 0. The monoisotopic (exact) mass is 329 g/mol. The van der Waals surface area contributed by atoms with Crippen molar-refractivity contribution in [2.75, 3.05) is 31.6 Å². The van der Waals surface area contributed by atoms with Crippen LogP contribution < -0.4 is 10.2 Å². The Bertz CT molecular complexity index is 642. The first-order valence-corrected chi connectivity index (χ1v) is 8.74. The third-order valence-corrected chi connectivity index (χ3v) is 5.31. The third-order valence-electron chi connectivity index (χ3n) is 5.31. The lowest BCUT2D eigenvalue weighted by atomic mass is 10.0. The van der Waals surface area contributed by atoms with Crippen LogP contribution in [0.2, 0.25) is 0 Å². The Morgan fingerprint density at radius 3 is 2.50 bits per heavy atom. The van der Waals surface area contributed by atoms with Gasteiger partial charge in [0, 0.05) is 38.3 Å². The van der Waals surface area contributed by atoms with E-state index in [1.54, 1.807) is 0 Å². The third kappa shape index (κ3) is 3.05. The fourth-order valence-electron chi connectivity index (χ4n) is 4.13. The maximum Gasteiger partial charge on any atom is 0.228 e. The second kappa shape index (κ2) is 6.55. The van der Waals surface area contributed by atoms with Crippen molar-refractivity contribution in [2.24, 2.45) is 5.92 Å². The molecule has 0 saturated carbocycles. The number of aryl methyl sites for hydroxylation is 3. The number of carbonyl (C=O) groups is 2. The summed E-state index contributed by atoms with van der Waals surface area (Å²) in [4.78, 5) is 29.0. The highest BCUT2D eigenvalue weighted by Crippen LogP contribution is 2.32. The van der Waals surface area contributed by atoms with Gasteiger partial charge in [-0.2, -0.15) is 0 Å². The van der Waals surface area contributed by atoms with E-state index in [0.29, 0.717) is 13.0 Å². The summed E-state index contributed by atoms with van der Waals surface area (Å²) in [5, 5.41) is 3.29. The molecule has 5 heteroatoms. The van der Waals surface area contributed by atoms with Gasteiger partial charge in [-0.1, -0.05) is 17.7 Å². The van der Waals surface area contributed by atoms with E-state index < -0.39 is 0 Å². The molecule has 2 amide bonds. The van der Waals surface area contributed by atoms with E-state index in [9.17, 15) is 9.59 Å². The van der Waals surface area contributed by atoms with E-state index in [1.807, 2.05) is 30.7 Å². The van der Waals surface area contributed by atoms with Crippen molar-refractivity contribution in [3.05, 3.63) is 28.8 Å². The molecule has 1 N–H and O–H groups in total. The van der Waals surface area contributed by atoms with Crippen LogP contribution >= 0.6 is 0 Å². The highest BCUT2D eigenvalue weighted by molar-refractivity contribution is 6.01. The second-order valence-corrected chi connectivity index (χ2v) is 7.25. The van der Waals surface area contributed by atoms with Crippen molar-refractivity contribution in [1.82, 2.24) is 10.2 Å². The molecule has 0 bridgehead atoms. The van der Waals surface area contributed by atoms with Gasteiger partial charge in [-0.25, -0.2) is 0 Å². The molecule has 3 rings (SSSR count). The molecule has 2 unspecified atom stereocenters. The SMILES string of the molecule is Cc1cc(C)c(N2CC(C(=O)N(C)C3CCNC3)CC2=O)c(C)c1. The first-order valence-electron chi connectivity index (χ1n) is 8.74. The molecule has 2 atom stereocenters. The van der Waals surface area contributed by atoms with Crippen LogP contribution in [0.4, 0.5) is 5.69 Å². The van der Waals surface area contributed by atoms with Crippen molar-refractivity contribution in [3.63, 3.8) is 0 Å². The topological polar surface area (TPSA) is 52.7 Å². The van der Waals surface area contributed by atoms with Crippen LogP contribution in [0.15, 0.2) is 12.1 Å². The van der Waals surface area contributed by atoms with Gasteiger partial charge in [-0.15, -0.1) is 0 Å². The smallest absolute Gasteiger partial charge is 0.228 e. The molecular weight excluding hydrogens is 302 g/mol. The number of carbonyl (C=O) groups excluding carboxylic acids is 2. The van der Waals surface area contributed by atoms with Gasteiger partial charge in [0.2, 0.25) is 11.8 Å². The number of benzene rings is 1. The van der Waals surface area contributed by atoms with Gasteiger partial charge in [0.25, 0.3) is 0 Å². The summed E-state index contributed by atoms with van der Waals surface area (Å²) in [6.07, 6.45) is 1.30. The number of nitrogens with zero attached hydrogens (tertiary/aromatic N) is 2. The largest absolute Gasteiger partial charge is 0.341 e. The lowest BCUT2D eigenvalue weighted by molar-refractivity contribution is -0.136. The quantitative estimate of drug-likeness (QED) is 0.920. The molecule has 2 heterocycles. The molecule has 2 saturated heterocycles. The fourth-order valence-corrected chi connectivity index (χ4v) is 4.13. The van der Waals surface area contributed by atoms with Crippen molar-refractivity contribution < 1.29 is 9.59 Å². The summed E-state index contributed by atoms with van der Waals surface area (Å²) in [6.45, 7) is 8.43. The van der Waals surface area contributed by atoms with Crippen LogP contribution in [-0.4, -0.2) is 49.4 Å². The molecule has 0 aliphatic carbocycles. The minimum atomic E-state index is -0.233. The maximum absolute atomic E-state index is 12.8. The van der Waals surface area contributed by atoms with Crippen molar-refractivity contribution in [2.45, 2.75) is 39.7 Å². The Hall–Kier alpha value is -1.88. The van der Waals surface area contributed by atoms with Crippen LogP contribution in [0.1, 0.15) is 29.5 Å². The standard InChI is InChI=1S/C19H27N3O2/c1-12-7-13(2)18(14(3)8-12)22-11-15(9-17(22)23)19(24)21(4)16-5-6-20-10-16/h7-8,15-16,20H,5-6,9-11H2,1-4H3. The highest BCUT2D eigenvalue weighted by atomic mass is 16.2. The summed E-state index contributed by atoms with van der Waals surface area (Å²) < 4.78 is 0. The Balaban J connectivity index is 1.77. The van der Waals surface area contributed by atoms with Gasteiger partial charge in [0.15, 0.2) is 0 Å². The summed E-state index contributed by atoms with van der Waals surface area (Å²) in [7, 11) is 1.87. The second-order valence-electron chi connectivity index (χ2n) is 7.25. The molecule has 2 aliphatic rings. The van der Waals surface area contributed by atoms with Gasteiger partial charge < -0.3 is 15.1 Å². The highest BCUT2D eigenvalue weighted by Gasteiger charge is 2.39. The number of rotatable bonds is 3. The van der Waals surface area contributed by atoms with Crippen molar-refractivity contribution in [1.29, 1.82) is 0 Å². The lowest BCUT2D eigenvalue weighted by Crippen LogP contribution is -2.42. The number of anilines is 1. The normalized spacial score (nSPS) is 23.8. The number of likely N-dealkylation sites (N-methyl/N-ethyl adjacent to an activating group) is 1. The molecule has 130 valence electrons. The summed E-state index contributed by atoms with van der Waals surface area (Å²) in [6, 6.07) is 4.45. The number of hydrogen-bond donors (Lipinski definition) is 1. The summed E-state index contributed by atoms with van der Waals surface area (Å²) in [5.41, 5.74) is 4.37. The molecule has 1 aromatic carbocycles. The average molecular weight is 329 g/mol. The van der Waals surface area contributed by atoms with Crippen LogP contribution in [0.3, 0.4) is 0 Å². The molecule has 2 aliphatic heterocycles. The molecule has 5 nitrogen and oxygen atoms in total. The first-order chi connectivity index (χ1) is 11.4. The lowest BCUT2D eigenvalue weighted by Gasteiger charge is -2.27. The van der Waals surface area contributed by atoms with Gasteiger partial charge in [-0.3, -0.25) is 9.59 Å². The van der Waals surface area contributed by atoms with E-state index in [-0.39, 0.29) is 23.8 Å².